The summed E-state index contributed by atoms with van der Waals surface area (Å²) in [6.07, 6.45) is 16.6. The van der Waals surface area contributed by atoms with Gasteiger partial charge < -0.3 is 19.1 Å². The predicted molar refractivity (Wildman–Crippen MR) is 109 cm³/mol. The molecule has 0 spiro atoms. The molecule has 2 N–H and O–H groups in total. The molecule has 0 bridgehead atoms. The summed E-state index contributed by atoms with van der Waals surface area (Å²) < 4.78 is 9.73. The van der Waals surface area contributed by atoms with Gasteiger partial charge in [0.05, 0.1) is 6.61 Å². The van der Waals surface area contributed by atoms with Gasteiger partial charge in [0.25, 0.3) is 0 Å². The van der Waals surface area contributed by atoms with E-state index in [4.69, 9.17) is 14.4 Å². The number of ether oxygens (including phenoxy) is 1. The van der Waals surface area contributed by atoms with E-state index in [0.29, 0.717) is 0 Å². The molecule has 0 aliphatic carbocycles. The van der Waals surface area contributed by atoms with Crippen LogP contribution in [0, 0.1) is 0 Å². The Kier molecular flexibility index (Phi) is 20.5. The third-order valence-corrected chi connectivity index (χ3v) is 5.15. The second-order valence-corrected chi connectivity index (χ2v) is 7.77. The van der Waals surface area contributed by atoms with Gasteiger partial charge in [-0.3, -0.25) is 0 Å². The fourth-order valence-corrected chi connectivity index (χ4v) is 3.49. The third-order valence-electron chi connectivity index (χ3n) is 4.39. The lowest BCUT2D eigenvalue weighted by Gasteiger charge is -2.12. The number of carbonyl (C=O) groups is 1. The van der Waals surface area contributed by atoms with Crippen LogP contribution in [0.25, 0.3) is 0 Å². The van der Waals surface area contributed by atoms with E-state index in [1.165, 1.54) is 95.5 Å². The number of aliphatic hydroxyl groups is 1. The van der Waals surface area contributed by atoms with Crippen LogP contribution in [0.5, 0.6) is 0 Å². The number of aliphatic hydroxyl groups excluding tert-OH is 1. The zero-order chi connectivity index (χ0) is 19.3. The first kappa shape index (κ1) is 25.5. The summed E-state index contributed by atoms with van der Waals surface area (Å²) in [5.41, 5.74) is 0. The van der Waals surface area contributed by atoms with Crippen molar-refractivity contribution in [3.63, 3.8) is 0 Å². The van der Waals surface area contributed by atoms with Crippen molar-refractivity contribution in [3.8, 4) is 0 Å². The van der Waals surface area contributed by atoms with Crippen molar-refractivity contribution < 1.29 is 23.9 Å². The van der Waals surface area contributed by atoms with Crippen molar-refractivity contribution in [2.24, 2.45) is 0 Å². The van der Waals surface area contributed by atoms with Crippen LogP contribution in [0.15, 0.2) is 0 Å². The standard InChI is InChI=1S/C20H40O5S/c1-2-3-4-5-6-7-8-9-10-11-12-13-14-15-16-26-24-18-19(17-21)25-20(22)23/h19,21H,2-18H2,1H3,(H,22,23). The van der Waals surface area contributed by atoms with E-state index in [2.05, 4.69) is 11.7 Å². The van der Waals surface area contributed by atoms with Gasteiger partial charge >= 0.3 is 6.16 Å². The summed E-state index contributed by atoms with van der Waals surface area (Å²) in [4.78, 5) is 10.4. The van der Waals surface area contributed by atoms with Crippen molar-refractivity contribution in [2.75, 3.05) is 19.0 Å². The SMILES string of the molecule is CCCCCCCCCCCCCCCCSOCC(CO)OC(=O)O. The Hall–Kier alpha value is -0.460. The zero-order valence-corrected chi connectivity index (χ0v) is 17.4. The van der Waals surface area contributed by atoms with Crippen LogP contribution in [0.4, 0.5) is 4.79 Å². The summed E-state index contributed by atoms with van der Waals surface area (Å²) in [5.74, 6) is 0.892. The maximum absolute atomic E-state index is 10.4. The van der Waals surface area contributed by atoms with Crippen LogP contribution < -0.4 is 0 Å². The number of unbranched alkanes of at least 4 members (excludes halogenated alkanes) is 13. The van der Waals surface area contributed by atoms with E-state index < -0.39 is 12.3 Å². The molecule has 0 aromatic carbocycles. The molecular formula is C20H40O5S. The first-order chi connectivity index (χ1) is 12.7. The summed E-state index contributed by atoms with van der Waals surface area (Å²) in [6, 6.07) is 0. The Balaban J connectivity index is 3.14. The van der Waals surface area contributed by atoms with Crippen molar-refractivity contribution in [3.05, 3.63) is 0 Å². The molecule has 0 aromatic rings. The van der Waals surface area contributed by atoms with E-state index in [0.717, 1.165) is 12.2 Å². The number of carboxylic acid groups (broad SMARTS) is 1. The van der Waals surface area contributed by atoms with E-state index in [1.807, 2.05) is 0 Å². The number of hydrogen-bond donors (Lipinski definition) is 2. The minimum Gasteiger partial charge on any atom is -0.450 e. The molecule has 0 fully saturated rings. The number of hydrogen-bond acceptors (Lipinski definition) is 5. The molecule has 1 atom stereocenters. The largest absolute Gasteiger partial charge is 0.506 e. The lowest BCUT2D eigenvalue weighted by Crippen LogP contribution is -2.25. The molecule has 0 saturated carbocycles. The predicted octanol–water partition coefficient (Wildman–Crippen LogP) is 6.19. The van der Waals surface area contributed by atoms with Gasteiger partial charge in [-0.2, -0.15) is 0 Å². The third kappa shape index (κ3) is 19.9. The second-order valence-electron chi connectivity index (χ2n) is 6.89. The van der Waals surface area contributed by atoms with Gasteiger partial charge in [-0.1, -0.05) is 90.4 Å². The topological polar surface area (TPSA) is 76.0 Å². The quantitative estimate of drug-likeness (QED) is 0.146. The van der Waals surface area contributed by atoms with Gasteiger partial charge in [0.2, 0.25) is 0 Å². The first-order valence-corrected chi connectivity index (χ1v) is 11.4. The molecule has 156 valence electrons. The van der Waals surface area contributed by atoms with Crippen LogP contribution in [-0.4, -0.2) is 41.4 Å². The average molecular weight is 393 g/mol. The highest BCUT2D eigenvalue weighted by Gasteiger charge is 2.12. The van der Waals surface area contributed by atoms with Crippen LogP contribution in [0.3, 0.4) is 0 Å². The van der Waals surface area contributed by atoms with Crippen molar-refractivity contribution in [1.82, 2.24) is 0 Å². The van der Waals surface area contributed by atoms with Gasteiger partial charge in [0, 0.05) is 5.75 Å². The van der Waals surface area contributed by atoms with Crippen LogP contribution in [0.2, 0.25) is 0 Å². The van der Waals surface area contributed by atoms with E-state index in [-0.39, 0.29) is 13.2 Å². The summed E-state index contributed by atoms with van der Waals surface area (Å²) in [7, 11) is 0. The summed E-state index contributed by atoms with van der Waals surface area (Å²) in [5, 5.41) is 17.4. The molecule has 0 amide bonds. The summed E-state index contributed by atoms with van der Waals surface area (Å²) in [6.45, 7) is 2.00. The maximum Gasteiger partial charge on any atom is 0.506 e. The Morgan fingerprint density at radius 2 is 1.31 bits per heavy atom. The second kappa shape index (κ2) is 20.8. The van der Waals surface area contributed by atoms with E-state index in [1.54, 1.807) is 0 Å². The Morgan fingerprint density at radius 1 is 0.846 bits per heavy atom. The molecule has 0 radical (unpaired) electrons. The van der Waals surface area contributed by atoms with E-state index in [9.17, 15) is 4.79 Å². The molecule has 0 saturated heterocycles. The van der Waals surface area contributed by atoms with Gasteiger partial charge in [0.1, 0.15) is 6.61 Å². The monoisotopic (exact) mass is 392 g/mol. The van der Waals surface area contributed by atoms with Crippen LogP contribution >= 0.6 is 12.0 Å². The van der Waals surface area contributed by atoms with Crippen LogP contribution in [-0.2, 0) is 8.92 Å². The molecule has 6 heteroatoms. The Morgan fingerprint density at radius 3 is 1.73 bits per heavy atom. The van der Waals surface area contributed by atoms with Gasteiger partial charge in [-0.15, -0.1) is 0 Å². The van der Waals surface area contributed by atoms with Gasteiger partial charge in [0.15, 0.2) is 6.10 Å². The molecule has 0 rings (SSSR count). The molecule has 0 aliphatic rings. The fourth-order valence-electron chi connectivity index (χ4n) is 2.81. The smallest absolute Gasteiger partial charge is 0.450 e. The zero-order valence-electron chi connectivity index (χ0n) is 16.6. The highest BCUT2D eigenvalue weighted by molar-refractivity contribution is 7.94. The molecule has 1 unspecified atom stereocenters. The van der Waals surface area contributed by atoms with Crippen molar-refractivity contribution in [1.29, 1.82) is 0 Å². The lowest BCUT2D eigenvalue weighted by atomic mass is 10.0. The highest BCUT2D eigenvalue weighted by atomic mass is 32.2. The van der Waals surface area contributed by atoms with E-state index >= 15 is 0 Å². The average Bonchev–Trinajstić information content (AvgIpc) is 2.63. The molecular weight excluding hydrogens is 352 g/mol. The Bertz CT molecular complexity index is 302. The molecule has 0 aliphatic heterocycles. The Labute approximate surface area is 164 Å². The molecule has 0 heterocycles. The van der Waals surface area contributed by atoms with Gasteiger partial charge in [-0.05, 0) is 18.5 Å². The molecule has 5 nitrogen and oxygen atoms in total. The fraction of sp³-hybridized carbons (Fsp3) is 0.950. The maximum atomic E-state index is 10.4. The molecule has 26 heavy (non-hydrogen) atoms. The van der Waals surface area contributed by atoms with Crippen LogP contribution in [0.1, 0.15) is 96.8 Å². The minimum atomic E-state index is -1.38. The van der Waals surface area contributed by atoms with Crippen molar-refractivity contribution >= 4 is 18.2 Å². The lowest BCUT2D eigenvalue weighted by molar-refractivity contribution is 0.00582. The van der Waals surface area contributed by atoms with Gasteiger partial charge in [-0.25, -0.2) is 4.79 Å². The number of rotatable bonds is 20. The molecule has 0 aromatic heterocycles. The normalized spacial score (nSPS) is 12.2. The van der Waals surface area contributed by atoms with Crippen molar-refractivity contribution in [2.45, 2.75) is 103 Å². The first-order valence-electron chi connectivity index (χ1n) is 10.5. The minimum absolute atomic E-state index is 0.0894. The summed E-state index contributed by atoms with van der Waals surface area (Å²) >= 11 is 1.32. The highest BCUT2D eigenvalue weighted by Crippen LogP contribution is 2.14.